The fourth-order valence-corrected chi connectivity index (χ4v) is 2.63. The predicted molar refractivity (Wildman–Crippen MR) is 93.2 cm³/mol. The standard InChI is InChI=1S/C17H14N4OS/c1-3-10-23-17-20-14-11-18-9-8-12(14)16(21-17)19-13-6-4-5-7-15(13)22-2/h1,4-9,11H,10H2,2H3,(H,19,20,21). The van der Waals surface area contributed by atoms with Gasteiger partial charge in [-0.2, -0.15) is 0 Å². The minimum absolute atomic E-state index is 0.514. The molecule has 0 atom stereocenters. The van der Waals surface area contributed by atoms with Gasteiger partial charge in [0, 0.05) is 11.6 Å². The lowest BCUT2D eigenvalue weighted by molar-refractivity contribution is 0.417. The highest BCUT2D eigenvalue weighted by atomic mass is 32.2. The molecule has 3 aromatic rings. The second-order valence-corrected chi connectivity index (χ2v) is 5.51. The van der Waals surface area contributed by atoms with Gasteiger partial charge in [0.1, 0.15) is 11.6 Å². The second kappa shape index (κ2) is 6.99. The van der Waals surface area contributed by atoms with Gasteiger partial charge in [0.15, 0.2) is 5.16 Å². The molecule has 0 fully saturated rings. The van der Waals surface area contributed by atoms with Crippen LogP contribution in [0.4, 0.5) is 11.5 Å². The van der Waals surface area contributed by atoms with Crippen molar-refractivity contribution >= 4 is 34.2 Å². The van der Waals surface area contributed by atoms with Crippen LogP contribution in [-0.2, 0) is 0 Å². The van der Waals surface area contributed by atoms with Crippen LogP contribution < -0.4 is 10.1 Å². The Morgan fingerprint density at radius 3 is 2.96 bits per heavy atom. The third-order valence-electron chi connectivity index (χ3n) is 3.12. The topological polar surface area (TPSA) is 59.9 Å². The van der Waals surface area contributed by atoms with E-state index in [0.717, 1.165) is 22.3 Å². The van der Waals surface area contributed by atoms with E-state index in [9.17, 15) is 0 Å². The van der Waals surface area contributed by atoms with Gasteiger partial charge in [-0.05, 0) is 18.2 Å². The number of nitrogens with one attached hydrogen (secondary N) is 1. The van der Waals surface area contributed by atoms with Gasteiger partial charge >= 0.3 is 0 Å². The highest BCUT2D eigenvalue weighted by Crippen LogP contribution is 2.30. The largest absolute Gasteiger partial charge is 0.495 e. The highest BCUT2D eigenvalue weighted by Gasteiger charge is 2.10. The molecule has 5 nitrogen and oxygen atoms in total. The Morgan fingerprint density at radius 1 is 1.26 bits per heavy atom. The summed E-state index contributed by atoms with van der Waals surface area (Å²) in [6.45, 7) is 0. The molecule has 0 aliphatic rings. The van der Waals surface area contributed by atoms with Crippen molar-refractivity contribution in [3.8, 4) is 18.1 Å². The van der Waals surface area contributed by atoms with E-state index in [4.69, 9.17) is 11.2 Å². The monoisotopic (exact) mass is 322 g/mol. The van der Waals surface area contributed by atoms with Crippen LogP contribution in [0, 0.1) is 12.3 Å². The molecule has 0 saturated carbocycles. The third kappa shape index (κ3) is 3.35. The van der Waals surface area contributed by atoms with Gasteiger partial charge in [-0.3, -0.25) is 4.98 Å². The van der Waals surface area contributed by atoms with Crippen LogP contribution in [0.2, 0.25) is 0 Å². The van der Waals surface area contributed by atoms with Crippen molar-refractivity contribution in [2.45, 2.75) is 5.16 Å². The van der Waals surface area contributed by atoms with E-state index < -0.39 is 0 Å². The Bertz CT molecular complexity index is 876. The molecule has 2 aromatic heterocycles. The number of ether oxygens (including phenoxy) is 1. The maximum atomic E-state index is 5.37. The molecule has 114 valence electrons. The molecular weight excluding hydrogens is 308 g/mol. The van der Waals surface area contributed by atoms with Crippen LogP contribution >= 0.6 is 11.8 Å². The van der Waals surface area contributed by atoms with Gasteiger partial charge in [0.25, 0.3) is 0 Å². The predicted octanol–water partition coefficient (Wildman–Crippen LogP) is 3.50. The van der Waals surface area contributed by atoms with Crippen molar-refractivity contribution in [3.63, 3.8) is 0 Å². The van der Waals surface area contributed by atoms with Crippen molar-refractivity contribution in [1.82, 2.24) is 15.0 Å². The van der Waals surface area contributed by atoms with Crippen molar-refractivity contribution in [2.24, 2.45) is 0 Å². The molecule has 0 spiro atoms. The second-order valence-electron chi connectivity index (χ2n) is 4.57. The van der Waals surface area contributed by atoms with Crippen LogP contribution in [0.1, 0.15) is 0 Å². The molecule has 3 rings (SSSR count). The zero-order valence-electron chi connectivity index (χ0n) is 12.5. The van der Waals surface area contributed by atoms with Crippen LogP contribution in [0.3, 0.4) is 0 Å². The van der Waals surface area contributed by atoms with E-state index in [1.807, 2.05) is 30.3 Å². The zero-order valence-corrected chi connectivity index (χ0v) is 13.3. The number of rotatable bonds is 5. The fraction of sp³-hybridized carbons (Fsp3) is 0.118. The van der Waals surface area contributed by atoms with E-state index in [-0.39, 0.29) is 0 Å². The summed E-state index contributed by atoms with van der Waals surface area (Å²) in [4.78, 5) is 13.2. The normalized spacial score (nSPS) is 10.3. The van der Waals surface area contributed by atoms with Gasteiger partial charge in [-0.25, -0.2) is 9.97 Å². The number of fused-ring (bicyclic) bond motifs is 1. The van der Waals surface area contributed by atoms with E-state index in [2.05, 4.69) is 26.2 Å². The number of hydrogen-bond acceptors (Lipinski definition) is 6. The number of benzene rings is 1. The van der Waals surface area contributed by atoms with Crippen LogP contribution in [-0.4, -0.2) is 27.8 Å². The smallest absolute Gasteiger partial charge is 0.191 e. The number of thioether (sulfide) groups is 1. The fourth-order valence-electron chi connectivity index (χ4n) is 2.10. The molecule has 0 saturated heterocycles. The van der Waals surface area contributed by atoms with Gasteiger partial charge in [-0.15, -0.1) is 6.42 Å². The van der Waals surface area contributed by atoms with Gasteiger partial charge < -0.3 is 10.1 Å². The number of nitrogens with zero attached hydrogens (tertiary/aromatic N) is 3. The average molecular weight is 322 g/mol. The molecule has 6 heteroatoms. The van der Waals surface area contributed by atoms with Crippen molar-refractivity contribution < 1.29 is 4.74 Å². The average Bonchev–Trinajstić information content (AvgIpc) is 2.60. The molecule has 23 heavy (non-hydrogen) atoms. The Hall–Kier alpha value is -2.78. The van der Waals surface area contributed by atoms with E-state index in [0.29, 0.717) is 16.7 Å². The number of anilines is 2. The first kappa shape index (κ1) is 15.1. The van der Waals surface area contributed by atoms with Gasteiger partial charge in [-0.1, -0.05) is 29.8 Å². The number of hydrogen-bond donors (Lipinski definition) is 1. The first-order valence-corrected chi connectivity index (χ1v) is 7.88. The quantitative estimate of drug-likeness (QED) is 0.441. The Labute approximate surface area is 138 Å². The minimum Gasteiger partial charge on any atom is -0.495 e. The maximum absolute atomic E-state index is 5.37. The zero-order chi connectivity index (χ0) is 16.1. The van der Waals surface area contributed by atoms with Crippen molar-refractivity contribution in [1.29, 1.82) is 0 Å². The summed E-state index contributed by atoms with van der Waals surface area (Å²) in [5.74, 6) is 4.53. The summed E-state index contributed by atoms with van der Waals surface area (Å²) in [6, 6.07) is 9.55. The van der Waals surface area contributed by atoms with Crippen molar-refractivity contribution in [2.75, 3.05) is 18.2 Å². The van der Waals surface area contributed by atoms with E-state index >= 15 is 0 Å². The van der Waals surface area contributed by atoms with E-state index in [1.165, 1.54) is 11.8 Å². The third-order valence-corrected chi connectivity index (χ3v) is 3.88. The summed E-state index contributed by atoms with van der Waals surface area (Å²) in [5.41, 5.74) is 1.60. The molecule has 0 radical (unpaired) electrons. The summed E-state index contributed by atoms with van der Waals surface area (Å²) >= 11 is 1.41. The maximum Gasteiger partial charge on any atom is 0.191 e. The summed E-state index contributed by atoms with van der Waals surface area (Å²) < 4.78 is 5.37. The Kier molecular flexibility index (Phi) is 4.60. The molecule has 0 aliphatic carbocycles. The lowest BCUT2D eigenvalue weighted by Gasteiger charge is -2.12. The molecule has 0 unspecified atom stereocenters. The van der Waals surface area contributed by atoms with E-state index in [1.54, 1.807) is 19.5 Å². The number of terminal acetylenes is 1. The summed E-state index contributed by atoms with van der Waals surface area (Å²) in [7, 11) is 1.64. The first-order valence-electron chi connectivity index (χ1n) is 6.90. The Morgan fingerprint density at radius 2 is 2.13 bits per heavy atom. The number of aromatic nitrogens is 3. The molecule has 2 heterocycles. The molecule has 0 aliphatic heterocycles. The van der Waals surface area contributed by atoms with Crippen LogP contribution in [0.25, 0.3) is 10.9 Å². The lowest BCUT2D eigenvalue weighted by Crippen LogP contribution is -2.00. The highest BCUT2D eigenvalue weighted by molar-refractivity contribution is 7.99. The summed E-state index contributed by atoms with van der Waals surface area (Å²) in [5, 5.41) is 4.81. The Balaban J connectivity index is 2.06. The van der Waals surface area contributed by atoms with Crippen molar-refractivity contribution in [3.05, 3.63) is 42.7 Å². The molecule has 0 bridgehead atoms. The first-order chi connectivity index (χ1) is 11.3. The molecule has 0 amide bonds. The van der Waals surface area contributed by atoms with Gasteiger partial charge in [0.2, 0.25) is 0 Å². The minimum atomic E-state index is 0.514. The van der Waals surface area contributed by atoms with Crippen LogP contribution in [0.15, 0.2) is 47.9 Å². The van der Waals surface area contributed by atoms with Crippen LogP contribution in [0.5, 0.6) is 5.75 Å². The number of pyridine rings is 1. The SMILES string of the molecule is C#CCSc1nc(Nc2ccccc2OC)c2ccncc2n1. The van der Waals surface area contributed by atoms with Gasteiger partial charge in [0.05, 0.1) is 30.3 Å². The number of methoxy groups -OCH3 is 1. The molecule has 1 N–H and O–H groups in total. The summed E-state index contributed by atoms with van der Waals surface area (Å²) in [6.07, 6.45) is 8.75. The molecular formula is C17H14N4OS. The number of para-hydroxylation sites is 2. The molecule has 1 aromatic carbocycles. The lowest BCUT2D eigenvalue weighted by atomic mass is 10.2.